The molecule has 0 saturated carbocycles. The lowest BCUT2D eigenvalue weighted by Gasteiger charge is -2.39. The zero-order valence-corrected chi connectivity index (χ0v) is 15.8. The monoisotopic (exact) mass is 371 g/mol. The third kappa shape index (κ3) is 2.85. The highest BCUT2D eigenvalue weighted by atomic mass is 16.5. The van der Waals surface area contributed by atoms with Crippen LogP contribution in [0.1, 0.15) is 36.5 Å². The first-order valence-electron chi connectivity index (χ1n) is 9.53. The van der Waals surface area contributed by atoms with E-state index in [4.69, 9.17) is 4.74 Å². The Morgan fingerprint density at radius 1 is 1.19 bits per heavy atom. The molecule has 0 N–H and O–H groups in total. The zero-order chi connectivity index (χ0) is 19.2. The number of hydrogen-bond acceptors (Lipinski definition) is 4. The largest absolute Gasteiger partial charge is 0.497 e. The van der Waals surface area contributed by atoms with Crippen LogP contribution in [0.15, 0.2) is 24.3 Å². The van der Waals surface area contributed by atoms with E-state index < -0.39 is 0 Å². The molecule has 3 saturated heterocycles. The molecule has 7 heteroatoms. The van der Waals surface area contributed by atoms with Crippen LogP contribution in [0.2, 0.25) is 0 Å². The van der Waals surface area contributed by atoms with E-state index in [1.165, 1.54) is 4.90 Å². The molecule has 4 amide bonds. The molecule has 144 valence electrons. The molecule has 0 bridgehead atoms. The highest BCUT2D eigenvalue weighted by Crippen LogP contribution is 2.46. The van der Waals surface area contributed by atoms with Crippen LogP contribution in [0.3, 0.4) is 0 Å². The summed E-state index contributed by atoms with van der Waals surface area (Å²) in [6, 6.07) is 6.70. The van der Waals surface area contributed by atoms with Crippen molar-refractivity contribution < 1.29 is 19.1 Å². The van der Waals surface area contributed by atoms with Gasteiger partial charge in [-0.25, -0.2) is 4.79 Å². The standard InChI is InChI=1S/C20H25N3O4/c1-3-22-18(25)16-12-20(13-23(16)19(22)26)8-10-21(11-9-20)17(24)14-4-6-15(27-2)7-5-14/h4-7,16H,3,8-13H2,1-2H3. The molecule has 3 heterocycles. The summed E-state index contributed by atoms with van der Waals surface area (Å²) >= 11 is 0. The second kappa shape index (κ2) is 6.55. The minimum atomic E-state index is -0.304. The van der Waals surface area contributed by atoms with Gasteiger partial charge in [0.05, 0.1) is 7.11 Å². The number of amides is 4. The van der Waals surface area contributed by atoms with Gasteiger partial charge in [0.15, 0.2) is 0 Å². The molecule has 3 aliphatic rings. The molecule has 1 unspecified atom stereocenters. The quantitative estimate of drug-likeness (QED) is 0.762. The normalized spacial score (nSPS) is 23.9. The fourth-order valence-corrected chi connectivity index (χ4v) is 4.66. The number of nitrogens with zero attached hydrogens (tertiary/aromatic N) is 3. The van der Waals surface area contributed by atoms with E-state index in [0.29, 0.717) is 31.7 Å². The molecule has 1 atom stereocenters. The van der Waals surface area contributed by atoms with Gasteiger partial charge >= 0.3 is 6.03 Å². The molecule has 1 spiro atoms. The first-order valence-corrected chi connectivity index (χ1v) is 9.53. The van der Waals surface area contributed by atoms with Gasteiger partial charge in [0.1, 0.15) is 11.8 Å². The summed E-state index contributed by atoms with van der Waals surface area (Å²) in [6.07, 6.45) is 2.38. The number of likely N-dealkylation sites (tertiary alicyclic amines) is 1. The number of rotatable bonds is 3. The van der Waals surface area contributed by atoms with E-state index in [-0.39, 0.29) is 29.3 Å². The molecule has 0 aliphatic carbocycles. The van der Waals surface area contributed by atoms with Crippen molar-refractivity contribution in [3.63, 3.8) is 0 Å². The molecular weight excluding hydrogens is 346 g/mol. The van der Waals surface area contributed by atoms with E-state index in [2.05, 4.69) is 0 Å². The summed E-state index contributed by atoms with van der Waals surface area (Å²) in [5.74, 6) is 0.692. The number of hydrogen-bond donors (Lipinski definition) is 0. The molecule has 3 fully saturated rings. The molecule has 0 radical (unpaired) electrons. The van der Waals surface area contributed by atoms with Crippen molar-refractivity contribution in [2.75, 3.05) is 33.3 Å². The lowest BCUT2D eigenvalue weighted by molar-refractivity contribution is -0.128. The Kier molecular flexibility index (Phi) is 4.32. The number of methoxy groups -OCH3 is 1. The molecule has 1 aromatic carbocycles. The number of carbonyl (C=O) groups is 3. The molecular formula is C20H25N3O4. The number of likely N-dealkylation sites (N-methyl/N-ethyl adjacent to an activating group) is 1. The lowest BCUT2D eigenvalue weighted by Crippen LogP contribution is -2.45. The number of imide groups is 1. The van der Waals surface area contributed by atoms with Crippen molar-refractivity contribution in [1.82, 2.24) is 14.7 Å². The third-order valence-electron chi connectivity index (χ3n) is 6.30. The van der Waals surface area contributed by atoms with Crippen molar-refractivity contribution in [3.8, 4) is 5.75 Å². The van der Waals surface area contributed by atoms with Crippen LogP contribution >= 0.6 is 0 Å². The van der Waals surface area contributed by atoms with E-state index in [1.807, 2.05) is 11.8 Å². The first kappa shape index (κ1) is 17.8. The number of urea groups is 1. The van der Waals surface area contributed by atoms with Crippen molar-refractivity contribution in [2.45, 2.75) is 32.2 Å². The predicted molar refractivity (Wildman–Crippen MR) is 98.5 cm³/mol. The Hall–Kier alpha value is -2.57. The Morgan fingerprint density at radius 2 is 1.85 bits per heavy atom. The van der Waals surface area contributed by atoms with Gasteiger partial charge in [-0.2, -0.15) is 0 Å². The van der Waals surface area contributed by atoms with Gasteiger partial charge in [-0.1, -0.05) is 0 Å². The fraction of sp³-hybridized carbons (Fsp3) is 0.550. The van der Waals surface area contributed by atoms with Gasteiger partial charge in [0.2, 0.25) is 0 Å². The van der Waals surface area contributed by atoms with Gasteiger partial charge < -0.3 is 14.5 Å². The van der Waals surface area contributed by atoms with Gasteiger partial charge in [0, 0.05) is 31.7 Å². The number of ether oxygens (including phenoxy) is 1. The van der Waals surface area contributed by atoms with Gasteiger partial charge in [-0.15, -0.1) is 0 Å². The van der Waals surface area contributed by atoms with E-state index in [1.54, 1.807) is 36.3 Å². The summed E-state index contributed by atoms with van der Waals surface area (Å²) in [5.41, 5.74) is 0.620. The summed E-state index contributed by atoms with van der Waals surface area (Å²) in [6.45, 7) is 4.21. The highest BCUT2D eigenvalue weighted by Gasteiger charge is 2.56. The maximum absolute atomic E-state index is 12.7. The van der Waals surface area contributed by atoms with Gasteiger partial charge in [-0.3, -0.25) is 14.5 Å². The fourth-order valence-electron chi connectivity index (χ4n) is 4.66. The molecule has 1 aromatic rings. The molecule has 0 aromatic heterocycles. The highest BCUT2D eigenvalue weighted by molar-refractivity contribution is 6.04. The second-order valence-electron chi connectivity index (χ2n) is 7.73. The maximum atomic E-state index is 12.7. The van der Waals surface area contributed by atoms with Crippen molar-refractivity contribution >= 4 is 17.8 Å². The van der Waals surface area contributed by atoms with Crippen molar-refractivity contribution in [3.05, 3.63) is 29.8 Å². The van der Waals surface area contributed by atoms with Crippen LogP contribution in [0.4, 0.5) is 4.79 Å². The van der Waals surface area contributed by atoms with Crippen LogP contribution in [-0.2, 0) is 4.79 Å². The van der Waals surface area contributed by atoms with Crippen LogP contribution in [0.5, 0.6) is 5.75 Å². The van der Waals surface area contributed by atoms with Crippen LogP contribution < -0.4 is 4.74 Å². The van der Waals surface area contributed by atoms with Gasteiger partial charge in [-0.05, 0) is 55.9 Å². The predicted octanol–water partition coefficient (Wildman–Crippen LogP) is 1.97. The van der Waals surface area contributed by atoms with Crippen molar-refractivity contribution in [2.24, 2.45) is 5.41 Å². The summed E-state index contributed by atoms with van der Waals surface area (Å²) in [7, 11) is 1.60. The molecule has 4 rings (SSSR count). The SMILES string of the molecule is CCN1C(=O)C2CC3(CCN(C(=O)c4ccc(OC)cc4)CC3)CN2C1=O. The summed E-state index contributed by atoms with van der Waals surface area (Å²) < 4.78 is 5.14. The van der Waals surface area contributed by atoms with Crippen LogP contribution in [0.25, 0.3) is 0 Å². The minimum absolute atomic E-state index is 0.0234. The minimum Gasteiger partial charge on any atom is -0.497 e. The lowest BCUT2D eigenvalue weighted by atomic mass is 9.76. The molecule has 27 heavy (non-hydrogen) atoms. The van der Waals surface area contributed by atoms with Gasteiger partial charge in [0.25, 0.3) is 11.8 Å². The maximum Gasteiger partial charge on any atom is 0.327 e. The average molecular weight is 371 g/mol. The zero-order valence-electron chi connectivity index (χ0n) is 15.8. The number of benzene rings is 1. The topological polar surface area (TPSA) is 70.2 Å². The number of carbonyl (C=O) groups excluding carboxylic acids is 3. The van der Waals surface area contributed by atoms with Crippen molar-refractivity contribution in [1.29, 1.82) is 0 Å². The summed E-state index contributed by atoms with van der Waals surface area (Å²) in [4.78, 5) is 42.6. The Balaban J connectivity index is 1.40. The molecule has 3 aliphatic heterocycles. The van der Waals surface area contributed by atoms with E-state index in [0.717, 1.165) is 25.0 Å². The summed E-state index contributed by atoms with van der Waals surface area (Å²) in [5, 5.41) is 0. The smallest absolute Gasteiger partial charge is 0.327 e. The van der Waals surface area contributed by atoms with E-state index in [9.17, 15) is 14.4 Å². The average Bonchev–Trinajstić information content (AvgIpc) is 3.16. The van der Waals surface area contributed by atoms with E-state index >= 15 is 0 Å². The second-order valence-corrected chi connectivity index (χ2v) is 7.73. The Bertz CT molecular complexity index is 742. The Labute approximate surface area is 158 Å². The third-order valence-corrected chi connectivity index (χ3v) is 6.30. The number of fused-ring (bicyclic) bond motifs is 1. The van der Waals surface area contributed by atoms with Crippen LogP contribution in [-0.4, -0.2) is 71.9 Å². The first-order chi connectivity index (χ1) is 13.0. The molecule has 7 nitrogen and oxygen atoms in total. The Morgan fingerprint density at radius 3 is 2.41 bits per heavy atom. The van der Waals surface area contributed by atoms with Crippen LogP contribution in [0, 0.1) is 5.41 Å². The number of piperidine rings is 1.